The number of pyridine rings is 1. The van der Waals surface area contributed by atoms with Crippen molar-refractivity contribution in [1.82, 2.24) is 19.7 Å². The molecule has 0 aliphatic carbocycles. The van der Waals surface area contributed by atoms with E-state index in [9.17, 15) is 4.79 Å². The lowest BCUT2D eigenvalue weighted by molar-refractivity contribution is -0.141. The first-order valence-electron chi connectivity index (χ1n) is 10.0. The third-order valence-electron chi connectivity index (χ3n) is 5.25. The number of piperidine rings is 1. The highest BCUT2D eigenvalue weighted by atomic mass is 16.2. The van der Waals surface area contributed by atoms with Crippen molar-refractivity contribution in [2.75, 3.05) is 13.1 Å². The lowest BCUT2D eigenvalue weighted by Crippen LogP contribution is -2.45. The lowest BCUT2D eigenvalue weighted by atomic mass is 9.87. The van der Waals surface area contributed by atoms with Crippen molar-refractivity contribution < 1.29 is 4.79 Å². The molecule has 0 aromatic carbocycles. The van der Waals surface area contributed by atoms with Crippen LogP contribution in [0.1, 0.15) is 59.1 Å². The molecule has 5 nitrogen and oxygen atoms in total. The van der Waals surface area contributed by atoms with Gasteiger partial charge in [0.1, 0.15) is 0 Å². The van der Waals surface area contributed by atoms with Crippen molar-refractivity contribution in [3.63, 3.8) is 0 Å². The summed E-state index contributed by atoms with van der Waals surface area (Å²) in [6.45, 7) is 12.0. The van der Waals surface area contributed by atoms with Crippen LogP contribution >= 0.6 is 0 Å². The number of carbonyl (C=O) groups excluding carboxylic acids is 1. The van der Waals surface area contributed by atoms with Gasteiger partial charge in [0, 0.05) is 36.9 Å². The molecule has 0 spiro atoms. The van der Waals surface area contributed by atoms with Gasteiger partial charge in [0.25, 0.3) is 0 Å². The minimum Gasteiger partial charge on any atom is -0.342 e. The number of amides is 1. The van der Waals surface area contributed by atoms with Crippen LogP contribution < -0.4 is 0 Å². The fourth-order valence-electron chi connectivity index (χ4n) is 3.95. The van der Waals surface area contributed by atoms with Crippen LogP contribution in [0.5, 0.6) is 0 Å². The largest absolute Gasteiger partial charge is 0.342 e. The molecular weight excluding hydrogens is 336 g/mol. The SMILES string of the molecule is CC(C)n1nccc1-c1ncccc1C[C@H]1CCCN(C(=O)C(C)(C)C)C1. The van der Waals surface area contributed by atoms with Gasteiger partial charge in [-0.05, 0) is 56.7 Å². The average molecular weight is 369 g/mol. The molecule has 1 saturated heterocycles. The predicted molar refractivity (Wildman–Crippen MR) is 108 cm³/mol. The molecule has 0 bridgehead atoms. The van der Waals surface area contributed by atoms with E-state index in [4.69, 9.17) is 0 Å². The van der Waals surface area contributed by atoms with Crippen LogP contribution in [0.3, 0.4) is 0 Å². The van der Waals surface area contributed by atoms with Gasteiger partial charge in [0.2, 0.25) is 5.91 Å². The summed E-state index contributed by atoms with van der Waals surface area (Å²) in [5.74, 6) is 0.736. The molecule has 1 amide bonds. The molecule has 0 N–H and O–H groups in total. The maximum atomic E-state index is 12.7. The van der Waals surface area contributed by atoms with Gasteiger partial charge in [-0.2, -0.15) is 5.10 Å². The number of aromatic nitrogens is 3. The van der Waals surface area contributed by atoms with E-state index in [2.05, 4.69) is 34.9 Å². The Morgan fingerprint density at radius 1 is 1.26 bits per heavy atom. The molecule has 5 heteroatoms. The molecule has 1 aliphatic rings. The highest BCUT2D eigenvalue weighted by Crippen LogP contribution is 2.29. The van der Waals surface area contributed by atoms with Gasteiger partial charge in [0.05, 0.1) is 11.4 Å². The van der Waals surface area contributed by atoms with Gasteiger partial charge in [-0.3, -0.25) is 14.5 Å². The second kappa shape index (κ2) is 7.83. The average Bonchev–Trinajstić information content (AvgIpc) is 3.11. The number of nitrogens with zero attached hydrogens (tertiary/aromatic N) is 4. The Morgan fingerprint density at radius 3 is 2.74 bits per heavy atom. The Morgan fingerprint density at radius 2 is 2.04 bits per heavy atom. The molecule has 2 aromatic rings. The van der Waals surface area contributed by atoms with Crippen molar-refractivity contribution in [1.29, 1.82) is 0 Å². The van der Waals surface area contributed by atoms with Crippen molar-refractivity contribution in [2.24, 2.45) is 11.3 Å². The topological polar surface area (TPSA) is 51.0 Å². The fourth-order valence-corrected chi connectivity index (χ4v) is 3.95. The zero-order chi connectivity index (χ0) is 19.6. The number of rotatable bonds is 4. The van der Waals surface area contributed by atoms with Gasteiger partial charge >= 0.3 is 0 Å². The van der Waals surface area contributed by atoms with Crippen LogP contribution in [0.15, 0.2) is 30.6 Å². The first-order valence-corrected chi connectivity index (χ1v) is 10.0. The van der Waals surface area contributed by atoms with Crippen LogP contribution in [0, 0.1) is 11.3 Å². The van der Waals surface area contributed by atoms with E-state index >= 15 is 0 Å². The summed E-state index contributed by atoms with van der Waals surface area (Å²) in [6.07, 6.45) is 6.88. The number of carbonyl (C=O) groups is 1. The maximum absolute atomic E-state index is 12.7. The Labute approximate surface area is 162 Å². The Balaban J connectivity index is 1.80. The summed E-state index contributed by atoms with van der Waals surface area (Å²) in [5.41, 5.74) is 3.02. The Kier molecular flexibility index (Phi) is 5.68. The molecule has 3 rings (SSSR count). The summed E-state index contributed by atoms with van der Waals surface area (Å²) in [7, 11) is 0. The number of hydrogen-bond donors (Lipinski definition) is 0. The molecule has 1 fully saturated rings. The smallest absolute Gasteiger partial charge is 0.227 e. The summed E-state index contributed by atoms with van der Waals surface area (Å²) in [6, 6.07) is 6.52. The molecule has 146 valence electrons. The van der Waals surface area contributed by atoms with Gasteiger partial charge in [-0.15, -0.1) is 0 Å². The molecule has 27 heavy (non-hydrogen) atoms. The molecule has 0 radical (unpaired) electrons. The number of hydrogen-bond acceptors (Lipinski definition) is 3. The van der Waals surface area contributed by atoms with E-state index in [1.54, 1.807) is 0 Å². The minimum absolute atomic E-state index is 0.261. The predicted octanol–water partition coefficient (Wildman–Crippen LogP) is 4.35. The second-order valence-corrected chi connectivity index (χ2v) is 8.98. The van der Waals surface area contributed by atoms with Gasteiger partial charge in [0.15, 0.2) is 0 Å². The molecule has 0 unspecified atom stereocenters. The Hall–Kier alpha value is -2.17. The van der Waals surface area contributed by atoms with Gasteiger partial charge in [-0.25, -0.2) is 0 Å². The van der Waals surface area contributed by atoms with Crippen LogP contribution in [-0.4, -0.2) is 38.7 Å². The molecule has 1 atom stereocenters. The van der Waals surface area contributed by atoms with E-state index in [0.29, 0.717) is 12.0 Å². The molecule has 2 aromatic heterocycles. The van der Waals surface area contributed by atoms with Crippen molar-refractivity contribution in [3.05, 3.63) is 36.2 Å². The second-order valence-electron chi connectivity index (χ2n) is 8.98. The quantitative estimate of drug-likeness (QED) is 0.806. The first kappa shape index (κ1) is 19.6. The third-order valence-corrected chi connectivity index (χ3v) is 5.25. The van der Waals surface area contributed by atoms with Crippen molar-refractivity contribution in [3.8, 4) is 11.4 Å². The van der Waals surface area contributed by atoms with Crippen LogP contribution in [0.2, 0.25) is 0 Å². The van der Waals surface area contributed by atoms with Crippen LogP contribution in [0.4, 0.5) is 0 Å². The highest BCUT2D eigenvalue weighted by molar-refractivity contribution is 5.81. The third kappa shape index (κ3) is 4.40. The van der Waals surface area contributed by atoms with Gasteiger partial charge < -0.3 is 4.90 Å². The Bertz CT molecular complexity index is 788. The van der Waals surface area contributed by atoms with Gasteiger partial charge in [-0.1, -0.05) is 26.8 Å². The monoisotopic (exact) mass is 368 g/mol. The van der Waals surface area contributed by atoms with E-state index in [-0.39, 0.29) is 11.3 Å². The summed E-state index contributed by atoms with van der Waals surface area (Å²) < 4.78 is 2.03. The minimum atomic E-state index is -0.314. The summed E-state index contributed by atoms with van der Waals surface area (Å²) >= 11 is 0. The van der Waals surface area contributed by atoms with E-state index in [1.165, 1.54) is 5.56 Å². The summed E-state index contributed by atoms with van der Waals surface area (Å²) in [5, 5.41) is 4.47. The zero-order valence-corrected chi connectivity index (χ0v) is 17.3. The van der Waals surface area contributed by atoms with Crippen molar-refractivity contribution >= 4 is 5.91 Å². The van der Waals surface area contributed by atoms with Crippen molar-refractivity contribution in [2.45, 2.75) is 59.9 Å². The molecular formula is C22H32N4O. The molecule has 1 aliphatic heterocycles. The number of likely N-dealkylation sites (tertiary alicyclic amines) is 1. The molecule has 0 saturated carbocycles. The summed E-state index contributed by atoms with van der Waals surface area (Å²) in [4.78, 5) is 19.4. The fraction of sp³-hybridized carbons (Fsp3) is 0.591. The standard InChI is InChI=1S/C22H32N4O/c1-16(2)26-19(10-12-24-26)20-18(9-6-11-23-20)14-17-8-7-13-25(15-17)21(27)22(3,4)5/h6,9-12,16-17H,7-8,13-15H2,1-5H3/t17-/m1/s1. The normalized spacial score (nSPS) is 18.1. The first-order chi connectivity index (χ1) is 12.8. The highest BCUT2D eigenvalue weighted by Gasteiger charge is 2.31. The maximum Gasteiger partial charge on any atom is 0.227 e. The van der Waals surface area contributed by atoms with E-state index in [1.807, 2.05) is 50.0 Å². The van der Waals surface area contributed by atoms with Crippen LogP contribution in [-0.2, 0) is 11.2 Å². The zero-order valence-electron chi connectivity index (χ0n) is 17.3. The lowest BCUT2D eigenvalue weighted by Gasteiger charge is -2.36. The molecule has 3 heterocycles. The van der Waals surface area contributed by atoms with E-state index < -0.39 is 0 Å². The van der Waals surface area contributed by atoms with Crippen LogP contribution in [0.25, 0.3) is 11.4 Å². The van der Waals surface area contributed by atoms with E-state index in [0.717, 1.165) is 43.7 Å².